The van der Waals surface area contributed by atoms with E-state index in [2.05, 4.69) is 11.4 Å². The minimum atomic E-state index is -0.365. The van der Waals surface area contributed by atoms with Crippen LogP contribution >= 0.6 is 0 Å². The molecule has 1 aromatic rings. The van der Waals surface area contributed by atoms with Crippen LogP contribution in [0.25, 0.3) is 0 Å². The standard InChI is InChI=1S/C13H18N2O2/c1-3-4-5-9-14-11(2)12-7-6-8-13(10-12)15(16)17/h3-4,6-8,10-11,14H,5,9H2,1-2H3/b4-3+. The largest absolute Gasteiger partial charge is 0.310 e. The van der Waals surface area contributed by atoms with Gasteiger partial charge in [-0.2, -0.15) is 0 Å². The average Bonchev–Trinajstić information content (AvgIpc) is 2.34. The third-order valence-corrected chi connectivity index (χ3v) is 2.58. The van der Waals surface area contributed by atoms with Crippen molar-refractivity contribution in [2.45, 2.75) is 26.3 Å². The summed E-state index contributed by atoms with van der Waals surface area (Å²) in [5.41, 5.74) is 1.09. The smallest absolute Gasteiger partial charge is 0.269 e. The Morgan fingerprint density at radius 3 is 2.94 bits per heavy atom. The highest BCUT2D eigenvalue weighted by atomic mass is 16.6. The number of non-ortho nitro benzene ring substituents is 1. The fourth-order valence-corrected chi connectivity index (χ4v) is 1.58. The van der Waals surface area contributed by atoms with Gasteiger partial charge in [-0.3, -0.25) is 10.1 Å². The van der Waals surface area contributed by atoms with Crippen molar-refractivity contribution in [1.82, 2.24) is 5.32 Å². The summed E-state index contributed by atoms with van der Waals surface area (Å²) in [7, 11) is 0. The first-order valence-corrected chi connectivity index (χ1v) is 5.74. The molecular formula is C13H18N2O2. The van der Waals surface area contributed by atoms with E-state index >= 15 is 0 Å². The predicted molar refractivity (Wildman–Crippen MR) is 68.9 cm³/mol. The molecular weight excluding hydrogens is 216 g/mol. The Labute approximate surface area is 101 Å². The molecule has 1 aromatic carbocycles. The first kappa shape index (κ1) is 13.4. The van der Waals surface area contributed by atoms with Crippen LogP contribution in [0.3, 0.4) is 0 Å². The highest BCUT2D eigenvalue weighted by Crippen LogP contribution is 2.18. The zero-order valence-electron chi connectivity index (χ0n) is 10.2. The second kappa shape index (κ2) is 6.81. The van der Waals surface area contributed by atoms with Gasteiger partial charge in [-0.1, -0.05) is 24.3 Å². The van der Waals surface area contributed by atoms with E-state index in [1.54, 1.807) is 12.1 Å². The molecule has 1 atom stereocenters. The molecule has 1 N–H and O–H groups in total. The minimum Gasteiger partial charge on any atom is -0.310 e. The number of nitro groups is 1. The quantitative estimate of drug-likeness (QED) is 0.356. The van der Waals surface area contributed by atoms with Gasteiger partial charge in [0, 0.05) is 18.2 Å². The second-order valence-electron chi connectivity index (χ2n) is 3.89. The van der Waals surface area contributed by atoms with Crippen molar-refractivity contribution < 1.29 is 4.92 Å². The van der Waals surface area contributed by atoms with Crippen LogP contribution in [-0.4, -0.2) is 11.5 Å². The van der Waals surface area contributed by atoms with Gasteiger partial charge >= 0.3 is 0 Å². The zero-order valence-corrected chi connectivity index (χ0v) is 10.2. The van der Waals surface area contributed by atoms with Crippen molar-refractivity contribution in [3.05, 3.63) is 52.1 Å². The van der Waals surface area contributed by atoms with Gasteiger partial charge in [-0.05, 0) is 32.4 Å². The van der Waals surface area contributed by atoms with Crippen molar-refractivity contribution in [1.29, 1.82) is 0 Å². The van der Waals surface area contributed by atoms with Crippen LogP contribution in [-0.2, 0) is 0 Å². The van der Waals surface area contributed by atoms with Gasteiger partial charge in [-0.25, -0.2) is 0 Å². The van der Waals surface area contributed by atoms with Crippen LogP contribution in [0.2, 0.25) is 0 Å². The van der Waals surface area contributed by atoms with Gasteiger partial charge in [-0.15, -0.1) is 0 Å². The van der Waals surface area contributed by atoms with Crippen molar-refractivity contribution in [2.24, 2.45) is 0 Å². The van der Waals surface area contributed by atoms with Crippen molar-refractivity contribution in [3.8, 4) is 0 Å². The lowest BCUT2D eigenvalue weighted by atomic mass is 10.1. The van der Waals surface area contributed by atoms with E-state index in [0.29, 0.717) is 0 Å². The maximum absolute atomic E-state index is 10.7. The summed E-state index contributed by atoms with van der Waals surface area (Å²) in [4.78, 5) is 10.3. The molecule has 0 heterocycles. The average molecular weight is 234 g/mol. The van der Waals surface area contributed by atoms with E-state index < -0.39 is 0 Å². The fourth-order valence-electron chi connectivity index (χ4n) is 1.58. The molecule has 0 amide bonds. The third-order valence-electron chi connectivity index (χ3n) is 2.58. The number of nitrogens with zero attached hydrogens (tertiary/aromatic N) is 1. The normalized spacial score (nSPS) is 12.8. The number of benzene rings is 1. The number of hydrogen-bond donors (Lipinski definition) is 1. The molecule has 0 radical (unpaired) electrons. The van der Waals surface area contributed by atoms with Gasteiger partial charge < -0.3 is 5.32 Å². The molecule has 1 rings (SSSR count). The van der Waals surface area contributed by atoms with Gasteiger partial charge in [0.05, 0.1) is 4.92 Å². The Morgan fingerprint density at radius 1 is 1.53 bits per heavy atom. The third kappa shape index (κ3) is 4.36. The summed E-state index contributed by atoms with van der Waals surface area (Å²) in [5.74, 6) is 0. The van der Waals surface area contributed by atoms with Crippen molar-refractivity contribution in [3.63, 3.8) is 0 Å². The van der Waals surface area contributed by atoms with Gasteiger partial charge in [0.2, 0.25) is 0 Å². The summed E-state index contributed by atoms with van der Waals surface area (Å²) in [6.45, 7) is 4.87. The number of rotatable bonds is 6. The molecule has 0 spiro atoms. The summed E-state index contributed by atoms with van der Waals surface area (Å²) < 4.78 is 0. The maximum atomic E-state index is 10.7. The second-order valence-corrected chi connectivity index (χ2v) is 3.89. The van der Waals surface area contributed by atoms with E-state index in [-0.39, 0.29) is 16.7 Å². The maximum Gasteiger partial charge on any atom is 0.269 e. The van der Waals surface area contributed by atoms with E-state index in [9.17, 15) is 10.1 Å². The number of nitrogens with one attached hydrogen (secondary N) is 1. The molecule has 0 aromatic heterocycles. The molecule has 1 unspecified atom stereocenters. The van der Waals surface area contributed by atoms with Crippen LogP contribution in [0.1, 0.15) is 31.9 Å². The monoisotopic (exact) mass is 234 g/mol. The fraction of sp³-hybridized carbons (Fsp3) is 0.385. The Balaban J connectivity index is 2.59. The molecule has 92 valence electrons. The first-order chi connectivity index (χ1) is 8.15. The molecule has 4 nitrogen and oxygen atoms in total. The Bertz CT molecular complexity index is 402. The molecule has 4 heteroatoms. The molecule has 0 bridgehead atoms. The lowest BCUT2D eigenvalue weighted by molar-refractivity contribution is -0.384. The highest BCUT2D eigenvalue weighted by molar-refractivity contribution is 5.35. The van der Waals surface area contributed by atoms with Crippen LogP contribution in [0.5, 0.6) is 0 Å². The van der Waals surface area contributed by atoms with E-state index in [1.807, 2.05) is 26.0 Å². The number of hydrogen-bond acceptors (Lipinski definition) is 3. The van der Waals surface area contributed by atoms with Gasteiger partial charge in [0.15, 0.2) is 0 Å². The zero-order chi connectivity index (χ0) is 12.7. The Morgan fingerprint density at radius 2 is 2.29 bits per heavy atom. The van der Waals surface area contributed by atoms with E-state index in [4.69, 9.17) is 0 Å². The van der Waals surface area contributed by atoms with Crippen LogP contribution in [0.4, 0.5) is 5.69 Å². The predicted octanol–water partition coefficient (Wildman–Crippen LogP) is 3.21. The van der Waals surface area contributed by atoms with Crippen molar-refractivity contribution in [2.75, 3.05) is 6.54 Å². The summed E-state index contributed by atoms with van der Waals surface area (Å²) in [5, 5.41) is 14.0. The molecule has 0 fully saturated rings. The Hall–Kier alpha value is -1.68. The van der Waals surface area contributed by atoms with Gasteiger partial charge in [0.25, 0.3) is 5.69 Å². The molecule has 0 aliphatic heterocycles. The first-order valence-electron chi connectivity index (χ1n) is 5.74. The lowest BCUT2D eigenvalue weighted by Gasteiger charge is -2.13. The number of nitro benzene ring substituents is 1. The molecule has 0 aliphatic carbocycles. The lowest BCUT2D eigenvalue weighted by Crippen LogP contribution is -2.19. The number of allylic oxidation sites excluding steroid dienone is 1. The Kier molecular flexibility index (Phi) is 5.36. The minimum absolute atomic E-state index is 0.125. The SMILES string of the molecule is C/C=C/CCNC(C)c1cccc([N+](=O)[O-])c1. The summed E-state index contributed by atoms with van der Waals surface area (Å²) >= 11 is 0. The van der Waals surface area contributed by atoms with E-state index in [0.717, 1.165) is 18.5 Å². The molecule has 17 heavy (non-hydrogen) atoms. The topological polar surface area (TPSA) is 55.2 Å². The van der Waals surface area contributed by atoms with Crippen LogP contribution < -0.4 is 5.32 Å². The van der Waals surface area contributed by atoms with Gasteiger partial charge in [0.1, 0.15) is 0 Å². The van der Waals surface area contributed by atoms with E-state index in [1.165, 1.54) is 6.07 Å². The highest BCUT2D eigenvalue weighted by Gasteiger charge is 2.09. The summed E-state index contributed by atoms with van der Waals surface area (Å²) in [6, 6.07) is 6.88. The van der Waals surface area contributed by atoms with Crippen molar-refractivity contribution >= 4 is 5.69 Å². The summed E-state index contributed by atoms with van der Waals surface area (Å²) in [6.07, 6.45) is 5.07. The molecule has 0 saturated heterocycles. The van der Waals surface area contributed by atoms with Crippen LogP contribution in [0.15, 0.2) is 36.4 Å². The molecule has 0 saturated carbocycles. The van der Waals surface area contributed by atoms with Crippen LogP contribution in [0, 0.1) is 10.1 Å². The molecule has 0 aliphatic rings.